The fourth-order valence-electron chi connectivity index (χ4n) is 3.08. The van der Waals surface area contributed by atoms with Crippen molar-refractivity contribution in [1.29, 1.82) is 0 Å². The fourth-order valence-corrected chi connectivity index (χ4v) is 3.08. The molecule has 1 heterocycles. The number of aromatic nitrogens is 2. The average Bonchev–Trinajstić information content (AvgIpc) is 2.83. The zero-order valence-corrected chi connectivity index (χ0v) is 17.7. The van der Waals surface area contributed by atoms with Crippen LogP contribution in [0.15, 0.2) is 89.2 Å². The summed E-state index contributed by atoms with van der Waals surface area (Å²) in [5.74, 6) is -1.56. The number of nitrogens with zero attached hydrogens (tertiary/aromatic N) is 4. The Labute approximate surface area is 196 Å². The molecule has 0 unspecified atom stereocenters. The van der Waals surface area contributed by atoms with Gasteiger partial charge in [-0.25, -0.2) is 14.8 Å². The van der Waals surface area contributed by atoms with Gasteiger partial charge in [0.1, 0.15) is 11.3 Å². The number of carboxylic acids is 1. The van der Waals surface area contributed by atoms with E-state index in [4.69, 9.17) is 5.11 Å². The van der Waals surface area contributed by atoms with Crippen molar-refractivity contribution in [2.45, 2.75) is 6.18 Å². The van der Waals surface area contributed by atoms with Crippen LogP contribution < -0.4 is 5.32 Å². The predicted molar refractivity (Wildman–Crippen MR) is 121 cm³/mol. The normalized spacial score (nSPS) is 11.5. The molecule has 0 bridgehead atoms. The Morgan fingerprint density at radius 3 is 2.40 bits per heavy atom. The maximum absolute atomic E-state index is 13.0. The van der Waals surface area contributed by atoms with E-state index >= 15 is 0 Å². The molecule has 0 aliphatic heterocycles. The van der Waals surface area contributed by atoms with Gasteiger partial charge in [0.25, 0.3) is 0 Å². The summed E-state index contributed by atoms with van der Waals surface area (Å²) in [7, 11) is 0. The minimum absolute atomic E-state index is 0.110. The number of rotatable bonds is 6. The highest BCUT2D eigenvalue weighted by atomic mass is 19.4. The second-order valence-corrected chi connectivity index (χ2v) is 7.23. The zero-order chi connectivity index (χ0) is 25.0. The first-order chi connectivity index (χ1) is 16.7. The quantitative estimate of drug-likeness (QED) is 0.264. The van der Waals surface area contributed by atoms with E-state index in [0.717, 1.165) is 12.1 Å². The third-order valence-electron chi connectivity index (χ3n) is 4.74. The van der Waals surface area contributed by atoms with Crippen LogP contribution in [0, 0.1) is 0 Å². The maximum atomic E-state index is 13.0. The summed E-state index contributed by atoms with van der Waals surface area (Å²) >= 11 is 0. The van der Waals surface area contributed by atoms with Gasteiger partial charge in [-0.15, -0.1) is 0 Å². The van der Waals surface area contributed by atoms with Crippen LogP contribution in [0.4, 0.5) is 36.2 Å². The van der Waals surface area contributed by atoms with E-state index in [1.165, 1.54) is 36.5 Å². The van der Waals surface area contributed by atoms with Crippen LogP contribution >= 0.6 is 0 Å². The first-order valence-electron chi connectivity index (χ1n) is 10.0. The molecule has 0 spiro atoms. The summed E-state index contributed by atoms with van der Waals surface area (Å²) in [4.78, 5) is 19.6. The van der Waals surface area contributed by atoms with Gasteiger partial charge in [0.15, 0.2) is 0 Å². The minimum atomic E-state index is -4.47. The molecule has 0 fully saturated rings. The van der Waals surface area contributed by atoms with Gasteiger partial charge in [-0.3, -0.25) is 0 Å². The lowest BCUT2D eigenvalue weighted by Crippen LogP contribution is -2.05. The van der Waals surface area contributed by atoms with Crippen molar-refractivity contribution in [2.24, 2.45) is 10.2 Å². The van der Waals surface area contributed by atoms with E-state index in [1.54, 1.807) is 30.3 Å². The lowest BCUT2D eigenvalue weighted by atomic mass is 10.1. The van der Waals surface area contributed by atoms with Gasteiger partial charge in [0.05, 0.1) is 22.6 Å². The molecule has 35 heavy (non-hydrogen) atoms. The molecule has 176 valence electrons. The molecule has 0 atom stereocenters. The van der Waals surface area contributed by atoms with Crippen molar-refractivity contribution < 1.29 is 28.2 Å². The molecule has 0 saturated heterocycles. The molecular formula is C24H16F3N5O3. The van der Waals surface area contributed by atoms with Gasteiger partial charge in [-0.1, -0.05) is 18.2 Å². The van der Waals surface area contributed by atoms with E-state index in [1.807, 2.05) is 0 Å². The molecule has 0 amide bonds. The number of azo groups is 1. The number of benzene rings is 3. The predicted octanol–water partition coefficient (Wildman–Crippen LogP) is 6.73. The smallest absolute Gasteiger partial charge is 0.416 e. The summed E-state index contributed by atoms with van der Waals surface area (Å²) in [5, 5.41) is 29.6. The minimum Gasteiger partial charge on any atom is -0.507 e. The monoisotopic (exact) mass is 479 g/mol. The lowest BCUT2D eigenvalue weighted by Gasteiger charge is -2.10. The Balaban J connectivity index is 1.55. The zero-order valence-electron chi connectivity index (χ0n) is 17.7. The molecule has 0 radical (unpaired) electrons. The molecule has 0 saturated carbocycles. The third-order valence-corrected chi connectivity index (χ3v) is 4.74. The van der Waals surface area contributed by atoms with Crippen molar-refractivity contribution in [2.75, 3.05) is 5.32 Å². The number of aromatic hydroxyl groups is 1. The summed E-state index contributed by atoms with van der Waals surface area (Å²) in [6.07, 6.45) is -3.00. The van der Waals surface area contributed by atoms with Crippen molar-refractivity contribution in [3.63, 3.8) is 0 Å². The first kappa shape index (κ1) is 23.4. The topological polar surface area (TPSA) is 120 Å². The highest BCUT2D eigenvalue weighted by molar-refractivity contribution is 5.91. The number of hydrogen-bond donors (Lipinski definition) is 3. The molecule has 4 rings (SSSR count). The highest BCUT2D eigenvalue weighted by Crippen LogP contribution is 2.32. The summed E-state index contributed by atoms with van der Waals surface area (Å²) in [6, 6.07) is 17.0. The Morgan fingerprint density at radius 2 is 1.66 bits per heavy atom. The number of anilines is 2. The van der Waals surface area contributed by atoms with E-state index in [9.17, 15) is 23.1 Å². The number of carboxylic acid groups (broad SMARTS) is 1. The van der Waals surface area contributed by atoms with E-state index < -0.39 is 17.7 Å². The first-order valence-corrected chi connectivity index (χ1v) is 10.0. The van der Waals surface area contributed by atoms with E-state index in [0.29, 0.717) is 16.9 Å². The van der Waals surface area contributed by atoms with Crippen LogP contribution in [0.2, 0.25) is 0 Å². The van der Waals surface area contributed by atoms with Gasteiger partial charge >= 0.3 is 12.1 Å². The molecular weight excluding hydrogens is 463 g/mol. The van der Waals surface area contributed by atoms with Crippen LogP contribution in [0.3, 0.4) is 0 Å². The molecule has 3 N–H and O–H groups in total. The number of nitrogens with one attached hydrogen (secondary N) is 1. The number of halogens is 3. The van der Waals surface area contributed by atoms with Crippen LogP contribution in [0.5, 0.6) is 5.75 Å². The number of hydrogen-bond acceptors (Lipinski definition) is 7. The number of aromatic carboxylic acids is 1. The van der Waals surface area contributed by atoms with Crippen LogP contribution in [0.25, 0.3) is 11.3 Å². The molecule has 3 aromatic carbocycles. The summed E-state index contributed by atoms with van der Waals surface area (Å²) in [5.41, 5.74) is 0.919. The third kappa shape index (κ3) is 5.77. The molecule has 11 heteroatoms. The van der Waals surface area contributed by atoms with Crippen LogP contribution in [0.1, 0.15) is 15.9 Å². The molecule has 8 nitrogen and oxygen atoms in total. The van der Waals surface area contributed by atoms with Gasteiger partial charge in [0.2, 0.25) is 5.95 Å². The average molecular weight is 479 g/mol. The van der Waals surface area contributed by atoms with Crippen LogP contribution in [-0.2, 0) is 6.18 Å². The van der Waals surface area contributed by atoms with Gasteiger partial charge in [-0.05, 0) is 54.6 Å². The van der Waals surface area contributed by atoms with Crippen molar-refractivity contribution in [3.8, 4) is 17.0 Å². The van der Waals surface area contributed by atoms with E-state index in [2.05, 4.69) is 25.5 Å². The van der Waals surface area contributed by atoms with Crippen LogP contribution in [-0.4, -0.2) is 26.2 Å². The van der Waals surface area contributed by atoms with Gasteiger partial charge in [0, 0.05) is 17.4 Å². The number of phenols is 1. The van der Waals surface area contributed by atoms with Gasteiger partial charge in [-0.2, -0.15) is 23.4 Å². The largest absolute Gasteiger partial charge is 0.507 e. The lowest BCUT2D eigenvalue weighted by molar-refractivity contribution is -0.137. The number of carbonyl (C=O) groups is 1. The fraction of sp³-hybridized carbons (Fsp3) is 0.0417. The SMILES string of the molecule is O=C(O)c1cc(N=Nc2cccc(-c3ccnc(Nc4cccc(C(F)(F)F)c4)n3)c2)ccc1O. The Morgan fingerprint density at radius 1 is 0.914 bits per heavy atom. The maximum Gasteiger partial charge on any atom is 0.416 e. The summed E-state index contributed by atoms with van der Waals surface area (Å²) in [6.45, 7) is 0. The molecule has 1 aromatic heterocycles. The standard InChI is InChI=1S/C24H16F3N5O3/c25-24(26,27)15-4-2-5-16(12-15)29-23-28-10-9-20(30-23)14-3-1-6-17(11-14)31-32-18-7-8-21(33)19(13-18)22(34)35/h1-13,33H,(H,34,35)(H,28,29,30). The van der Waals surface area contributed by atoms with Crippen molar-refractivity contribution >= 4 is 29.0 Å². The van der Waals surface area contributed by atoms with Crippen molar-refractivity contribution in [1.82, 2.24) is 9.97 Å². The Bertz CT molecular complexity index is 1420. The highest BCUT2D eigenvalue weighted by Gasteiger charge is 2.30. The molecule has 0 aliphatic rings. The number of alkyl halides is 3. The Hall–Kier alpha value is -4.80. The second kappa shape index (κ2) is 9.59. The summed E-state index contributed by atoms with van der Waals surface area (Å²) < 4.78 is 38.9. The molecule has 4 aromatic rings. The van der Waals surface area contributed by atoms with E-state index in [-0.39, 0.29) is 28.6 Å². The van der Waals surface area contributed by atoms with Gasteiger partial charge < -0.3 is 15.5 Å². The molecule has 0 aliphatic carbocycles. The Kier molecular flexibility index (Phi) is 6.40. The van der Waals surface area contributed by atoms with Crippen molar-refractivity contribution in [3.05, 3.63) is 90.1 Å². The second-order valence-electron chi connectivity index (χ2n) is 7.23.